The Labute approximate surface area is 177 Å². The lowest BCUT2D eigenvalue weighted by atomic mass is 9.95. The molecule has 30 heavy (non-hydrogen) atoms. The Kier molecular flexibility index (Phi) is 5.11. The van der Waals surface area contributed by atoms with Gasteiger partial charge in [-0.05, 0) is 46.0 Å². The normalized spacial score (nSPS) is 15.0. The highest BCUT2D eigenvalue weighted by Gasteiger charge is 2.30. The minimum absolute atomic E-state index is 0.0117. The monoisotopic (exact) mass is 395 g/mol. The first-order chi connectivity index (χ1) is 14.8. The average Bonchev–Trinajstić information content (AvgIpc) is 3.23. The second kappa shape index (κ2) is 8.20. The van der Waals surface area contributed by atoms with E-state index >= 15 is 0 Å². The first-order valence-corrected chi connectivity index (χ1v) is 10.5. The van der Waals surface area contributed by atoms with Gasteiger partial charge in [0.15, 0.2) is 5.82 Å². The summed E-state index contributed by atoms with van der Waals surface area (Å²) in [5.74, 6) is 0.891. The van der Waals surface area contributed by atoms with Crippen molar-refractivity contribution in [3.8, 4) is 0 Å². The van der Waals surface area contributed by atoms with Crippen LogP contribution in [-0.2, 0) is 19.5 Å². The number of nitrogens with zero attached hydrogens (tertiary/aromatic N) is 5. The lowest BCUT2D eigenvalue weighted by molar-refractivity contribution is 0.195. The van der Waals surface area contributed by atoms with Crippen LogP contribution in [0.3, 0.4) is 0 Å². The van der Waals surface area contributed by atoms with Crippen LogP contribution in [0.2, 0.25) is 0 Å². The van der Waals surface area contributed by atoms with Crippen LogP contribution in [0.5, 0.6) is 0 Å². The van der Waals surface area contributed by atoms with Crippen molar-refractivity contribution in [2.45, 2.75) is 32.5 Å². The van der Waals surface area contributed by atoms with E-state index < -0.39 is 0 Å². The smallest absolute Gasteiger partial charge is 0.173 e. The van der Waals surface area contributed by atoms with Gasteiger partial charge in [-0.3, -0.25) is 4.90 Å². The molecule has 0 aliphatic carbocycles. The summed E-state index contributed by atoms with van der Waals surface area (Å²) in [5, 5.41) is 12.9. The van der Waals surface area contributed by atoms with Gasteiger partial charge in [0.2, 0.25) is 0 Å². The molecule has 0 fully saturated rings. The molecule has 4 aromatic rings. The van der Waals surface area contributed by atoms with E-state index in [1.54, 1.807) is 0 Å². The number of tetrazole rings is 1. The van der Waals surface area contributed by atoms with E-state index in [2.05, 4.69) is 100 Å². The number of aryl methyl sites for hydroxylation is 1. The third-order valence-electron chi connectivity index (χ3n) is 5.90. The largest absolute Gasteiger partial charge is 0.285 e. The van der Waals surface area contributed by atoms with Crippen LogP contribution in [0, 0.1) is 6.92 Å². The van der Waals surface area contributed by atoms with Gasteiger partial charge in [-0.1, -0.05) is 84.4 Å². The fourth-order valence-electron chi connectivity index (χ4n) is 4.29. The molecule has 1 atom stereocenters. The molecule has 1 aliphatic rings. The van der Waals surface area contributed by atoms with Gasteiger partial charge in [0.05, 0.1) is 12.6 Å². The summed E-state index contributed by atoms with van der Waals surface area (Å²) < 4.78 is 1.94. The van der Waals surface area contributed by atoms with Crippen molar-refractivity contribution in [1.29, 1.82) is 0 Å². The molecule has 1 aliphatic heterocycles. The highest BCUT2D eigenvalue weighted by Crippen LogP contribution is 2.32. The van der Waals surface area contributed by atoms with Crippen molar-refractivity contribution in [2.24, 2.45) is 0 Å². The molecule has 0 saturated carbocycles. The molecule has 5 rings (SSSR count). The van der Waals surface area contributed by atoms with Crippen molar-refractivity contribution in [1.82, 2.24) is 25.1 Å². The first kappa shape index (κ1) is 18.7. The minimum atomic E-state index is 0.0117. The molecule has 0 radical (unpaired) electrons. The highest BCUT2D eigenvalue weighted by atomic mass is 15.5. The Morgan fingerprint density at radius 1 is 0.867 bits per heavy atom. The molecule has 5 heteroatoms. The zero-order chi connectivity index (χ0) is 20.3. The van der Waals surface area contributed by atoms with Gasteiger partial charge in [-0.25, -0.2) is 4.68 Å². The van der Waals surface area contributed by atoms with Crippen molar-refractivity contribution in [2.75, 3.05) is 6.54 Å². The van der Waals surface area contributed by atoms with Crippen LogP contribution in [0.1, 0.15) is 39.7 Å². The lowest BCUT2D eigenvalue weighted by Crippen LogP contribution is -2.36. The van der Waals surface area contributed by atoms with Crippen LogP contribution in [0.15, 0.2) is 78.9 Å². The second-order valence-corrected chi connectivity index (χ2v) is 7.98. The van der Waals surface area contributed by atoms with Gasteiger partial charge in [-0.2, -0.15) is 0 Å². The summed E-state index contributed by atoms with van der Waals surface area (Å²) >= 11 is 0. The number of benzene rings is 3. The van der Waals surface area contributed by atoms with Crippen molar-refractivity contribution in [3.63, 3.8) is 0 Å². The first-order valence-electron chi connectivity index (χ1n) is 10.5. The molecule has 0 amide bonds. The summed E-state index contributed by atoms with van der Waals surface area (Å²) in [6.07, 6.45) is 1.04. The zero-order valence-electron chi connectivity index (χ0n) is 17.1. The lowest BCUT2D eigenvalue weighted by Gasteiger charge is -2.35. The maximum atomic E-state index is 4.50. The maximum absolute atomic E-state index is 4.50. The predicted molar refractivity (Wildman–Crippen MR) is 117 cm³/mol. The average molecular weight is 396 g/mol. The van der Waals surface area contributed by atoms with E-state index in [9.17, 15) is 0 Å². The van der Waals surface area contributed by atoms with E-state index in [0.717, 1.165) is 25.3 Å². The van der Waals surface area contributed by atoms with E-state index in [1.165, 1.54) is 27.8 Å². The van der Waals surface area contributed by atoms with Crippen molar-refractivity contribution < 1.29 is 0 Å². The zero-order valence-corrected chi connectivity index (χ0v) is 17.1. The van der Waals surface area contributed by atoms with Crippen LogP contribution < -0.4 is 0 Å². The van der Waals surface area contributed by atoms with E-state index in [-0.39, 0.29) is 6.04 Å². The molecular formula is C25H25N5. The fraction of sp³-hybridized carbons (Fsp3) is 0.240. The molecule has 5 nitrogen and oxygen atoms in total. The molecular weight excluding hydrogens is 370 g/mol. The van der Waals surface area contributed by atoms with Gasteiger partial charge in [0.25, 0.3) is 0 Å². The molecule has 150 valence electrons. The molecule has 0 unspecified atom stereocenters. The van der Waals surface area contributed by atoms with Gasteiger partial charge in [-0.15, -0.1) is 5.10 Å². The van der Waals surface area contributed by atoms with Crippen LogP contribution in [-0.4, -0.2) is 31.7 Å². The number of hydrogen-bond acceptors (Lipinski definition) is 4. The molecule has 0 spiro atoms. The quantitative estimate of drug-likeness (QED) is 0.509. The number of aromatic nitrogens is 4. The van der Waals surface area contributed by atoms with Gasteiger partial charge in [0.1, 0.15) is 0 Å². The Balaban J connectivity index is 1.53. The minimum Gasteiger partial charge on any atom is -0.285 e. The Morgan fingerprint density at radius 2 is 1.60 bits per heavy atom. The highest BCUT2D eigenvalue weighted by molar-refractivity contribution is 5.33. The van der Waals surface area contributed by atoms with E-state index in [1.807, 2.05) is 10.7 Å². The Bertz CT molecular complexity index is 1120. The summed E-state index contributed by atoms with van der Waals surface area (Å²) in [5.41, 5.74) is 6.51. The third-order valence-corrected chi connectivity index (χ3v) is 5.90. The summed E-state index contributed by atoms with van der Waals surface area (Å²) in [6.45, 7) is 4.66. The van der Waals surface area contributed by atoms with Crippen LogP contribution in [0.4, 0.5) is 0 Å². The van der Waals surface area contributed by atoms with E-state index in [4.69, 9.17) is 0 Å². The van der Waals surface area contributed by atoms with Gasteiger partial charge >= 0.3 is 0 Å². The van der Waals surface area contributed by atoms with Gasteiger partial charge in [0, 0.05) is 13.1 Å². The van der Waals surface area contributed by atoms with Crippen molar-refractivity contribution >= 4 is 0 Å². The fourth-order valence-corrected chi connectivity index (χ4v) is 4.29. The van der Waals surface area contributed by atoms with Gasteiger partial charge < -0.3 is 0 Å². The summed E-state index contributed by atoms with van der Waals surface area (Å²) in [4.78, 5) is 2.50. The van der Waals surface area contributed by atoms with Crippen LogP contribution >= 0.6 is 0 Å². The standard InChI is InChI=1S/C25H25N5/c1-19-11-13-22(14-12-19)24(29-16-15-21-9-5-6-10-23(21)18-29)25-26-27-28-30(25)17-20-7-3-2-4-8-20/h2-14,24H,15-18H2,1H3/t24-/m0/s1. The van der Waals surface area contributed by atoms with Crippen LogP contribution in [0.25, 0.3) is 0 Å². The third kappa shape index (κ3) is 3.76. The number of hydrogen-bond donors (Lipinski definition) is 0. The SMILES string of the molecule is Cc1ccc([C@@H](c2nnnn2Cc2ccccc2)N2CCc3ccccc3C2)cc1. The number of rotatable bonds is 5. The maximum Gasteiger partial charge on any atom is 0.173 e. The summed E-state index contributed by atoms with van der Waals surface area (Å²) in [7, 11) is 0. The molecule has 0 saturated heterocycles. The second-order valence-electron chi connectivity index (χ2n) is 7.98. The Morgan fingerprint density at radius 3 is 2.40 bits per heavy atom. The number of fused-ring (bicyclic) bond motifs is 1. The summed E-state index contributed by atoms with van der Waals surface area (Å²) in [6, 6.07) is 27.9. The molecule has 0 N–H and O–H groups in total. The Hall–Kier alpha value is -3.31. The van der Waals surface area contributed by atoms with Crippen molar-refractivity contribution in [3.05, 3.63) is 113 Å². The molecule has 0 bridgehead atoms. The molecule has 2 heterocycles. The topological polar surface area (TPSA) is 46.8 Å². The molecule has 1 aromatic heterocycles. The molecule has 3 aromatic carbocycles. The predicted octanol–water partition coefficient (Wildman–Crippen LogP) is 4.18. The van der Waals surface area contributed by atoms with E-state index in [0.29, 0.717) is 6.54 Å².